The first-order valence-electron chi connectivity index (χ1n) is 6.91. The SMILES string of the molecule is CN[C@@H](C)C(=O)OC(C)C.CN[C@H](C)C(=O)OC(C)C. The Morgan fingerprint density at radius 1 is 0.700 bits per heavy atom. The second-order valence-electron chi connectivity index (χ2n) is 4.99. The number of esters is 2. The molecule has 0 bridgehead atoms. The average Bonchev–Trinajstić information content (AvgIpc) is 2.35. The zero-order chi connectivity index (χ0) is 16.3. The third-order valence-corrected chi connectivity index (χ3v) is 2.28. The average molecular weight is 290 g/mol. The summed E-state index contributed by atoms with van der Waals surface area (Å²) in [5.41, 5.74) is 0. The summed E-state index contributed by atoms with van der Waals surface area (Å²) in [4.78, 5) is 21.8. The molecule has 0 amide bonds. The molecule has 0 rings (SSSR count). The maximum atomic E-state index is 10.9. The van der Waals surface area contributed by atoms with Crippen LogP contribution in [0.15, 0.2) is 0 Å². The molecule has 2 N–H and O–H groups in total. The van der Waals surface area contributed by atoms with Gasteiger partial charge in [-0.3, -0.25) is 9.59 Å². The topological polar surface area (TPSA) is 76.7 Å². The van der Waals surface area contributed by atoms with Crippen LogP contribution in [0.2, 0.25) is 0 Å². The van der Waals surface area contributed by atoms with Crippen LogP contribution in [-0.4, -0.2) is 50.3 Å². The van der Waals surface area contributed by atoms with Crippen LogP contribution in [0.3, 0.4) is 0 Å². The molecular formula is C14H30N2O4. The summed E-state index contributed by atoms with van der Waals surface area (Å²) in [6.07, 6.45) is -0.0494. The van der Waals surface area contributed by atoms with Crippen molar-refractivity contribution >= 4 is 11.9 Å². The second kappa shape index (κ2) is 11.7. The second-order valence-corrected chi connectivity index (χ2v) is 4.99. The highest BCUT2D eigenvalue weighted by atomic mass is 16.5. The van der Waals surface area contributed by atoms with Crippen molar-refractivity contribution in [1.82, 2.24) is 10.6 Å². The van der Waals surface area contributed by atoms with Crippen LogP contribution in [0, 0.1) is 0 Å². The van der Waals surface area contributed by atoms with E-state index in [0.29, 0.717) is 0 Å². The van der Waals surface area contributed by atoms with Crippen LogP contribution < -0.4 is 10.6 Å². The van der Waals surface area contributed by atoms with Crippen molar-refractivity contribution in [2.24, 2.45) is 0 Å². The third kappa shape index (κ3) is 11.9. The molecule has 6 nitrogen and oxygen atoms in total. The smallest absolute Gasteiger partial charge is 0.323 e. The minimum absolute atomic E-state index is 0.0247. The first-order valence-corrected chi connectivity index (χ1v) is 6.91. The van der Waals surface area contributed by atoms with E-state index in [-0.39, 0.29) is 36.2 Å². The fraction of sp³-hybridized carbons (Fsp3) is 0.857. The van der Waals surface area contributed by atoms with Gasteiger partial charge >= 0.3 is 11.9 Å². The van der Waals surface area contributed by atoms with E-state index in [1.165, 1.54) is 0 Å². The summed E-state index contributed by atoms with van der Waals surface area (Å²) in [6, 6.07) is -0.412. The minimum atomic E-state index is -0.206. The Hall–Kier alpha value is -1.14. The quantitative estimate of drug-likeness (QED) is 0.713. The molecule has 2 atom stereocenters. The molecule has 0 saturated heterocycles. The Labute approximate surface area is 122 Å². The van der Waals surface area contributed by atoms with Gasteiger partial charge in [-0.15, -0.1) is 0 Å². The van der Waals surface area contributed by atoms with E-state index in [4.69, 9.17) is 9.47 Å². The van der Waals surface area contributed by atoms with E-state index in [1.807, 2.05) is 27.7 Å². The molecular weight excluding hydrogens is 260 g/mol. The molecule has 0 radical (unpaired) electrons. The summed E-state index contributed by atoms with van der Waals surface area (Å²) in [5.74, 6) is -0.394. The first kappa shape index (κ1) is 21.2. The molecule has 0 aliphatic carbocycles. The highest BCUT2D eigenvalue weighted by Crippen LogP contribution is 1.93. The van der Waals surface area contributed by atoms with Crippen LogP contribution >= 0.6 is 0 Å². The van der Waals surface area contributed by atoms with Crippen molar-refractivity contribution in [2.45, 2.75) is 65.8 Å². The third-order valence-electron chi connectivity index (χ3n) is 2.28. The van der Waals surface area contributed by atoms with E-state index in [1.54, 1.807) is 27.9 Å². The Kier molecular flexibility index (Phi) is 12.3. The molecule has 0 heterocycles. The van der Waals surface area contributed by atoms with Crippen molar-refractivity contribution in [3.05, 3.63) is 0 Å². The van der Waals surface area contributed by atoms with Gasteiger partial charge in [-0.05, 0) is 55.6 Å². The molecule has 0 saturated carbocycles. The van der Waals surface area contributed by atoms with Gasteiger partial charge < -0.3 is 20.1 Å². The lowest BCUT2D eigenvalue weighted by molar-refractivity contribution is -0.150. The number of rotatable bonds is 6. The summed E-state index contributed by atoms with van der Waals surface area (Å²) < 4.78 is 9.80. The van der Waals surface area contributed by atoms with Crippen molar-refractivity contribution in [1.29, 1.82) is 0 Å². The number of carbonyl (C=O) groups excluding carboxylic acids is 2. The first-order chi connectivity index (χ1) is 9.15. The molecule has 20 heavy (non-hydrogen) atoms. The van der Waals surface area contributed by atoms with Crippen molar-refractivity contribution < 1.29 is 19.1 Å². The molecule has 0 spiro atoms. The van der Waals surface area contributed by atoms with E-state index in [0.717, 1.165) is 0 Å². The lowest BCUT2D eigenvalue weighted by atomic mass is 10.3. The van der Waals surface area contributed by atoms with E-state index >= 15 is 0 Å². The maximum absolute atomic E-state index is 10.9. The highest BCUT2D eigenvalue weighted by molar-refractivity contribution is 5.75. The number of likely N-dealkylation sites (N-methyl/N-ethyl adjacent to an activating group) is 2. The zero-order valence-electron chi connectivity index (χ0n) is 13.9. The maximum Gasteiger partial charge on any atom is 0.323 e. The van der Waals surface area contributed by atoms with Crippen LogP contribution in [0.25, 0.3) is 0 Å². The van der Waals surface area contributed by atoms with Gasteiger partial charge in [0, 0.05) is 0 Å². The number of carbonyl (C=O) groups is 2. The predicted octanol–water partition coefficient (Wildman–Crippen LogP) is 1.09. The highest BCUT2D eigenvalue weighted by Gasteiger charge is 2.12. The van der Waals surface area contributed by atoms with Crippen molar-refractivity contribution in [2.75, 3.05) is 14.1 Å². The van der Waals surface area contributed by atoms with Gasteiger partial charge in [-0.25, -0.2) is 0 Å². The lowest BCUT2D eigenvalue weighted by Crippen LogP contribution is -2.33. The standard InChI is InChI=1S/2C7H15NO2/c2*1-5(2)10-7(9)6(3)8-4/h2*5-6,8H,1-4H3/t2*6-/m10/s1. The Morgan fingerprint density at radius 3 is 1.10 bits per heavy atom. The van der Waals surface area contributed by atoms with Crippen molar-refractivity contribution in [3.63, 3.8) is 0 Å². The van der Waals surface area contributed by atoms with Gasteiger partial charge in [0.15, 0.2) is 0 Å². The van der Waals surface area contributed by atoms with Gasteiger partial charge in [0.25, 0.3) is 0 Å². The number of ether oxygens (including phenoxy) is 2. The number of hydrogen-bond donors (Lipinski definition) is 2. The monoisotopic (exact) mass is 290 g/mol. The molecule has 0 aromatic rings. The fourth-order valence-electron chi connectivity index (χ4n) is 0.904. The number of nitrogens with one attached hydrogen (secondary N) is 2. The summed E-state index contributed by atoms with van der Waals surface area (Å²) in [7, 11) is 3.46. The summed E-state index contributed by atoms with van der Waals surface area (Å²) >= 11 is 0. The van der Waals surface area contributed by atoms with Gasteiger partial charge in [0.2, 0.25) is 0 Å². The molecule has 0 aromatic carbocycles. The lowest BCUT2D eigenvalue weighted by Gasteiger charge is -2.12. The fourth-order valence-corrected chi connectivity index (χ4v) is 0.904. The van der Waals surface area contributed by atoms with E-state index in [2.05, 4.69) is 10.6 Å². The summed E-state index contributed by atoms with van der Waals surface area (Å²) in [5, 5.41) is 5.59. The molecule has 0 aliphatic heterocycles. The van der Waals surface area contributed by atoms with Gasteiger partial charge in [0.05, 0.1) is 12.2 Å². The molecule has 120 valence electrons. The van der Waals surface area contributed by atoms with Gasteiger partial charge in [-0.2, -0.15) is 0 Å². The molecule has 0 unspecified atom stereocenters. The van der Waals surface area contributed by atoms with Gasteiger partial charge in [0.1, 0.15) is 12.1 Å². The largest absolute Gasteiger partial charge is 0.462 e. The summed E-state index contributed by atoms with van der Waals surface area (Å²) in [6.45, 7) is 10.9. The Bertz CT molecular complexity index is 252. The normalized spacial score (nSPS) is 13.3. The van der Waals surface area contributed by atoms with Crippen molar-refractivity contribution in [3.8, 4) is 0 Å². The molecule has 0 aromatic heterocycles. The Morgan fingerprint density at radius 2 is 0.950 bits per heavy atom. The molecule has 6 heteroatoms. The van der Waals surface area contributed by atoms with E-state index < -0.39 is 0 Å². The van der Waals surface area contributed by atoms with E-state index in [9.17, 15) is 9.59 Å². The van der Waals surface area contributed by atoms with Gasteiger partial charge in [-0.1, -0.05) is 0 Å². The number of hydrogen-bond acceptors (Lipinski definition) is 6. The van der Waals surface area contributed by atoms with Crippen LogP contribution in [0.5, 0.6) is 0 Å². The predicted molar refractivity (Wildman–Crippen MR) is 79.5 cm³/mol. The van der Waals surface area contributed by atoms with Crippen LogP contribution in [0.4, 0.5) is 0 Å². The van der Waals surface area contributed by atoms with Crippen LogP contribution in [0.1, 0.15) is 41.5 Å². The Balaban J connectivity index is 0. The molecule has 0 aliphatic rings. The minimum Gasteiger partial charge on any atom is -0.462 e. The zero-order valence-corrected chi connectivity index (χ0v) is 13.9. The van der Waals surface area contributed by atoms with Crippen LogP contribution in [-0.2, 0) is 19.1 Å². The molecule has 0 fully saturated rings.